The average Bonchev–Trinajstić information content (AvgIpc) is 3.14. The number of rotatable bonds is 3. The number of aromatic nitrogens is 1. The molecule has 2 aromatic carbocycles. The lowest BCUT2D eigenvalue weighted by Gasteiger charge is -2.26. The molecule has 0 amide bonds. The molecule has 0 saturated heterocycles. The van der Waals surface area contributed by atoms with Gasteiger partial charge in [0.2, 0.25) is 5.78 Å². The van der Waals surface area contributed by atoms with Crippen LogP contribution in [-0.4, -0.2) is 29.8 Å². The third-order valence-electron chi connectivity index (χ3n) is 5.50. The molecule has 1 atom stereocenters. The number of hydrogen-bond acceptors (Lipinski definition) is 7. The summed E-state index contributed by atoms with van der Waals surface area (Å²) < 4.78 is 16.1. The van der Waals surface area contributed by atoms with Gasteiger partial charge in [-0.3, -0.25) is 14.6 Å². The first-order valence-corrected chi connectivity index (χ1v) is 9.95. The smallest absolute Gasteiger partial charge is 0.337 e. The normalized spacial score (nSPS) is 17.9. The molecule has 3 heterocycles. The second-order valence-corrected chi connectivity index (χ2v) is 7.42. The zero-order chi connectivity index (χ0) is 22.2. The first-order chi connectivity index (χ1) is 15.5. The van der Waals surface area contributed by atoms with E-state index < -0.39 is 5.97 Å². The standard InChI is InChI=1S/C25H17NO6/c1-30-25(29)15-6-4-14(5-7-15)11-20-23(28)17-8-9-19-22(24(17)32-20)18(12-21(27)31-19)16-3-2-10-26-13-16/h2-11,13,18H,12H2,1H3/b20-11-/t18-/m0/s1. The highest BCUT2D eigenvalue weighted by atomic mass is 16.5. The second kappa shape index (κ2) is 7.77. The number of allylic oxidation sites excluding steroid dienone is 1. The number of pyridine rings is 1. The molecule has 0 fully saturated rings. The molecule has 0 radical (unpaired) electrons. The van der Waals surface area contributed by atoms with Crippen molar-refractivity contribution in [1.82, 2.24) is 4.98 Å². The summed E-state index contributed by atoms with van der Waals surface area (Å²) in [4.78, 5) is 41.0. The van der Waals surface area contributed by atoms with Crippen LogP contribution in [0.3, 0.4) is 0 Å². The van der Waals surface area contributed by atoms with Gasteiger partial charge in [-0.2, -0.15) is 0 Å². The Kier molecular flexibility index (Phi) is 4.78. The van der Waals surface area contributed by atoms with E-state index in [4.69, 9.17) is 14.2 Å². The number of hydrogen-bond donors (Lipinski definition) is 0. The minimum Gasteiger partial charge on any atom is -0.465 e. The van der Waals surface area contributed by atoms with Crippen molar-refractivity contribution < 1.29 is 28.6 Å². The monoisotopic (exact) mass is 427 g/mol. The maximum atomic E-state index is 13.0. The number of carbonyl (C=O) groups excluding carboxylic acids is 3. The molecule has 1 aromatic heterocycles. The number of benzene rings is 2. The van der Waals surface area contributed by atoms with E-state index in [1.807, 2.05) is 6.07 Å². The third-order valence-corrected chi connectivity index (χ3v) is 5.50. The van der Waals surface area contributed by atoms with E-state index in [9.17, 15) is 14.4 Å². The largest absolute Gasteiger partial charge is 0.465 e. The predicted molar refractivity (Wildman–Crippen MR) is 113 cm³/mol. The molecule has 2 aliphatic heterocycles. The maximum absolute atomic E-state index is 13.0. The summed E-state index contributed by atoms with van der Waals surface area (Å²) in [5, 5.41) is 0. The lowest BCUT2D eigenvalue weighted by molar-refractivity contribution is -0.135. The SMILES string of the molecule is COC(=O)c1ccc(/C=C2\Oc3c(ccc4c3[C@H](c3cccnc3)CC(=O)O4)C2=O)cc1. The molecule has 0 spiro atoms. The van der Waals surface area contributed by atoms with Crippen molar-refractivity contribution in [1.29, 1.82) is 0 Å². The fraction of sp³-hybridized carbons (Fsp3) is 0.120. The van der Waals surface area contributed by atoms with E-state index in [0.717, 1.165) is 5.56 Å². The molecule has 0 saturated carbocycles. The topological polar surface area (TPSA) is 91.8 Å². The molecule has 3 aromatic rings. The lowest BCUT2D eigenvalue weighted by atomic mass is 9.85. The fourth-order valence-corrected chi connectivity index (χ4v) is 3.96. The van der Waals surface area contributed by atoms with E-state index in [2.05, 4.69) is 4.98 Å². The van der Waals surface area contributed by atoms with Crippen LogP contribution in [0, 0.1) is 0 Å². The van der Waals surface area contributed by atoms with E-state index in [0.29, 0.717) is 33.8 Å². The Hall–Kier alpha value is -4.26. The first-order valence-electron chi connectivity index (χ1n) is 9.95. The molecule has 7 heteroatoms. The van der Waals surface area contributed by atoms with Crippen LogP contribution >= 0.6 is 0 Å². The summed E-state index contributed by atoms with van der Waals surface area (Å²) in [6.45, 7) is 0. The lowest BCUT2D eigenvalue weighted by Crippen LogP contribution is -2.21. The number of fused-ring (bicyclic) bond motifs is 3. The third kappa shape index (κ3) is 3.33. The van der Waals surface area contributed by atoms with Crippen LogP contribution in [0.1, 0.15) is 49.7 Å². The highest BCUT2D eigenvalue weighted by molar-refractivity contribution is 6.15. The van der Waals surface area contributed by atoms with Gasteiger partial charge in [-0.1, -0.05) is 18.2 Å². The number of carbonyl (C=O) groups is 3. The molecule has 5 rings (SSSR count). The number of nitrogens with zero attached hydrogens (tertiary/aromatic N) is 1. The Balaban J connectivity index is 1.54. The van der Waals surface area contributed by atoms with Crippen molar-refractivity contribution in [3.05, 3.63) is 94.5 Å². The molecule has 0 aliphatic carbocycles. The van der Waals surface area contributed by atoms with E-state index >= 15 is 0 Å². The summed E-state index contributed by atoms with van der Waals surface area (Å²) >= 11 is 0. The van der Waals surface area contributed by atoms with E-state index in [1.165, 1.54) is 7.11 Å². The van der Waals surface area contributed by atoms with Crippen LogP contribution in [0.25, 0.3) is 6.08 Å². The van der Waals surface area contributed by atoms with Crippen LogP contribution in [0.15, 0.2) is 66.7 Å². The Morgan fingerprint density at radius 1 is 1.09 bits per heavy atom. The molecule has 32 heavy (non-hydrogen) atoms. The van der Waals surface area contributed by atoms with Crippen LogP contribution in [0.2, 0.25) is 0 Å². The minimum atomic E-state index is -0.438. The molecule has 7 nitrogen and oxygen atoms in total. The minimum absolute atomic E-state index is 0.126. The van der Waals surface area contributed by atoms with Gasteiger partial charge in [-0.05, 0) is 47.5 Å². The number of ketones is 1. The highest BCUT2D eigenvalue weighted by Gasteiger charge is 2.38. The van der Waals surface area contributed by atoms with E-state index in [1.54, 1.807) is 60.9 Å². The number of Topliss-reactive ketones (excluding diaryl/α,β-unsaturated/α-hetero) is 1. The summed E-state index contributed by atoms with van der Waals surface area (Å²) in [5.74, 6) is -0.453. The summed E-state index contributed by atoms with van der Waals surface area (Å²) in [5.41, 5.74) is 3.01. The molecule has 2 aliphatic rings. The molecule has 158 valence electrons. The Morgan fingerprint density at radius 2 is 1.91 bits per heavy atom. The zero-order valence-corrected chi connectivity index (χ0v) is 17.0. The number of esters is 2. The molecule has 0 unspecified atom stereocenters. The van der Waals surface area contributed by atoms with Crippen molar-refractivity contribution in [2.75, 3.05) is 7.11 Å². The van der Waals surface area contributed by atoms with Crippen LogP contribution in [0.5, 0.6) is 11.5 Å². The highest BCUT2D eigenvalue weighted by Crippen LogP contribution is 2.48. The van der Waals surface area contributed by atoms with E-state index in [-0.39, 0.29) is 29.9 Å². The Labute approximate surface area is 183 Å². The van der Waals surface area contributed by atoms with Gasteiger partial charge >= 0.3 is 11.9 Å². The number of methoxy groups -OCH3 is 1. The van der Waals surface area contributed by atoms with Crippen molar-refractivity contribution in [2.24, 2.45) is 0 Å². The van der Waals surface area contributed by atoms with Gasteiger partial charge in [0.15, 0.2) is 5.76 Å². The average molecular weight is 427 g/mol. The fourth-order valence-electron chi connectivity index (χ4n) is 3.96. The zero-order valence-electron chi connectivity index (χ0n) is 17.0. The van der Waals surface area contributed by atoms with Crippen molar-refractivity contribution in [3.8, 4) is 11.5 Å². The first kappa shape index (κ1) is 19.7. The van der Waals surface area contributed by atoms with Gasteiger partial charge in [0, 0.05) is 23.9 Å². The van der Waals surface area contributed by atoms with Crippen LogP contribution in [-0.2, 0) is 9.53 Å². The predicted octanol–water partition coefficient (Wildman–Crippen LogP) is 3.93. The Morgan fingerprint density at radius 3 is 2.62 bits per heavy atom. The summed E-state index contributed by atoms with van der Waals surface area (Å²) in [6.07, 6.45) is 5.10. The molecule has 0 N–H and O–H groups in total. The maximum Gasteiger partial charge on any atom is 0.337 e. The van der Waals surface area contributed by atoms with Crippen molar-refractivity contribution in [2.45, 2.75) is 12.3 Å². The van der Waals surface area contributed by atoms with Crippen molar-refractivity contribution in [3.63, 3.8) is 0 Å². The molecule has 0 bridgehead atoms. The molecular weight excluding hydrogens is 410 g/mol. The van der Waals surface area contributed by atoms with Gasteiger partial charge < -0.3 is 14.2 Å². The second-order valence-electron chi connectivity index (χ2n) is 7.42. The Bertz CT molecular complexity index is 1280. The quantitative estimate of drug-likeness (QED) is 0.355. The van der Waals surface area contributed by atoms with Gasteiger partial charge in [-0.15, -0.1) is 0 Å². The van der Waals surface area contributed by atoms with Crippen molar-refractivity contribution >= 4 is 23.8 Å². The van der Waals surface area contributed by atoms with Gasteiger partial charge in [0.05, 0.1) is 24.7 Å². The summed E-state index contributed by atoms with van der Waals surface area (Å²) in [7, 11) is 1.32. The van der Waals surface area contributed by atoms with Crippen LogP contribution < -0.4 is 9.47 Å². The summed E-state index contributed by atoms with van der Waals surface area (Å²) in [6, 6.07) is 13.6. The van der Waals surface area contributed by atoms with Crippen LogP contribution in [0.4, 0.5) is 0 Å². The van der Waals surface area contributed by atoms with Gasteiger partial charge in [0.25, 0.3) is 0 Å². The van der Waals surface area contributed by atoms with Gasteiger partial charge in [-0.25, -0.2) is 4.79 Å². The number of ether oxygens (including phenoxy) is 3. The van der Waals surface area contributed by atoms with Gasteiger partial charge in [0.1, 0.15) is 11.5 Å². The molecular formula is C25H17NO6.